The standard InChI is InChI=1S/C16H17ClN2O3S/c1-19(2)16(20)18-14-7-3-12(4-8-14)11-23(21,22)15-9-5-13(17)6-10-15/h3-10H,11H2,1-2H3,(H,18,20). The highest BCUT2D eigenvalue weighted by atomic mass is 35.5. The van der Waals surface area contributed by atoms with Crippen LogP contribution in [0.1, 0.15) is 5.56 Å². The van der Waals surface area contributed by atoms with E-state index in [4.69, 9.17) is 11.6 Å². The smallest absolute Gasteiger partial charge is 0.321 e. The summed E-state index contributed by atoms with van der Waals surface area (Å²) in [6, 6.07) is 12.5. The molecule has 0 heterocycles. The van der Waals surface area contributed by atoms with E-state index in [9.17, 15) is 13.2 Å². The number of sulfone groups is 1. The third kappa shape index (κ3) is 4.71. The Morgan fingerprint density at radius 2 is 1.61 bits per heavy atom. The Hall–Kier alpha value is -2.05. The van der Waals surface area contributed by atoms with Gasteiger partial charge < -0.3 is 10.2 Å². The summed E-state index contributed by atoms with van der Waals surface area (Å²) in [5, 5.41) is 3.18. The van der Waals surface area contributed by atoms with Crippen molar-refractivity contribution in [1.29, 1.82) is 0 Å². The lowest BCUT2D eigenvalue weighted by Crippen LogP contribution is -2.27. The van der Waals surface area contributed by atoms with Crippen LogP contribution in [0, 0.1) is 0 Å². The van der Waals surface area contributed by atoms with E-state index >= 15 is 0 Å². The van der Waals surface area contributed by atoms with Gasteiger partial charge in [0.1, 0.15) is 0 Å². The average molecular weight is 353 g/mol. The van der Waals surface area contributed by atoms with Gasteiger partial charge in [0, 0.05) is 24.8 Å². The molecule has 23 heavy (non-hydrogen) atoms. The van der Waals surface area contributed by atoms with E-state index in [1.807, 2.05) is 0 Å². The van der Waals surface area contributed by atoms with Crippen molar-refractivity contribution in [3.05, 3.63) is 59.1 Å². The zero-order valence-corrected chi connectivity index (χ0v) is 14.4. The molecule has 0 radical (unpaired) electrons. The average Bonchev–Trinajstić information content (AvgIpc) is 2.49. The second kappa shape index (κ2) is 7.02. The molecule has 0 aliphatic carbocycles. The van der Waals surface area contributed by atoms with Gasteiger partial charge in [-0.2, -0.15) is 0 Å². The molecule has 122 valence electrons. The van der Waals surface area contributed by atoms with Crippen molar-refractivity contribution in [1.82, 2.24) is 4.90 Å². The number of hydrogen-bond acceptors (Lipinski definition) is 3. The molecule has 2 aromatic carbocycles. The summed E-state index contributed by atoms with van der Waals surface area (Å²) in [6.45, 7) is 0. The number of benzene rings is 2. The first-order valence-corrected chi connectivity index (χ1v) is 8.86. The van der Waals surface area contributed by atoms with Crippen LogP contribution in [0.4, 0.5) is 10.5 Å². The number of nitrogens with one attached hydrogen (secondary N) is 1. The lowest BCUT2D eigenvalue weighted by molar-refractivity contribution is 0.230. The Morgan fingerprint density at radius 1 is 1.04 bits per heavy atom. The highest BCUT2D eigenvalue weighted by Crippen LogP contribution is 2.20. The highest BCUT2D eigenvalue weighted by Gasteiger charge is 2.15. The van der Waals surface area contributed by atoms with Crippen molar-refractivity contribution in [2.45, 2.75) is 10.6 Å². The minimum Gasteiger partial charge on any atom is -0.331 e. The second-order valence-electron chi connectivity index (χ2n) is 5.23. The number of hydrogen-bond donors (Lipinski definition) is 1. The molecule has 0 aliphatic rings. The summed E-state index contributed by atoms with van der Waals surface area (Å²) in [7, 11) is -0.151. The molecule has 5 nitrogen and oxygen atoms in total. The molecule has 0 aromatic heterocycles. The fraction of sp³-hybridized carbons (Fsp3) is 0.188. The molecular formula is C16H17ClN2O3S. The molecule has 0 saturated heterocycles. The van der Waals surface area contributed by atoms with Crippen molar-refractivity contribution in [2.24, 2.45) is 0 Å². The molecule has 0 aliphatic heterocycles. The van der Waals surface area contributed by atoms with E-state index in [1.165, 1.54) is 17.0 Å². The van der Waals surface area contributed by atoms with Crippen molar-refractivity contribution < 1.29 is 13.2 Å². The summed E-state index contributed by atoms with van der Waals surface area (Å²) >= 11 is 5.77. The van der Waals surface area contributed by atoms with Gasteiger partial charge in [0.15, 0.2) is 9.84 Å². The van der Waals surface area contributed by atoms with Crippen LogP contribution in [0.5, 0.6) is 0 Å². The number of anilines is 1. The molecule has 2 amide bonds. The van der Waals surface area contributed by atoms with Crippen LogP contribution >= 0.6 is 11.6 Å². The summed E-state index contributed by atoms with van der Waals surface area (Å²) in [4.78, 5) is 13.2. The van der Waals surface area contributed by atoms with Crippen LogP contribution in [-0.2, 0) is 15.6 Å². The SMILES string of the molecule is CN(C)C(=O)Nc1ccc(CS(=O)(=O)c2ccc(Cl)cc2)cc1. The van der Waals surface area contributed by atoms with Gasteiger partial charge in [-0.15, -0.1) is 0 Å². The van der Waals surface area contributed by atoms with Gasteiger partial charge in [0.2, 0.25) is 0 Å². The van der Waals surface area contributed by atoms with Gasteiger partial charge in [-0.3, -0.25) is 0 Å². The third-order valence-corrected chi connectivity index (χ3v) is 5.10. The van der Waals surface area contributed by atoms with E-state index < -0.39 is 9.84 Å². The first kappa shape index (κ1) is 17.3. The van der Waals surface area contributed by atoms with Crippen LogP contribution in [0.2, 0.25) is 5.02 Å². The second-order valence-corrected chi connectivity index (χ2v) is 7.66. The largest absolute Gasteiger partial charge is 0.331 e. The Balaban J connectivity index is 2.11. The molecule has 0 bridgehead atoms. The third-order valence-electron chi connectivity index (χ3n) is 3.14. The topological polar surface area (TPSA) is 66.5 Å². The molecule has 0 spiro atoms. The van der Waals surface area contributed by atoms with Crippen molar-refractivity contribution in [3.8, 4) is 0 Å². The molecule has 2 aromatic rings. The number of halogens is 1. The van der Waals surface area contributed by atoms with Gasteiger partial charge in [-0.25, -0.2) is 13.2 Å². The fourth-order valence-corrected chi connectivity index (χ4v) is 3.34. The normalized spacial score (nSPS) is 11.1. The predicted octanol–water partition coefficient (Wildman–Crippen LogP) is 3.41. The number of carbonyl (C=O) groups excluding carboxylic acids is 1. The zero-order valence-electron chi connectivity index (χ0n) is 12.8. The molecule has 1 N–H and O–H groups in total. The lowest BCUT2D eigenvalue weighted by Gasteiger charge is -2.12. The van der Waals surface area contributed by atoms with Gasteiger partial charge in [0.05, 0.1) is 10.6 Å². The summed E-state index contributed by atoms with van der Waals surface area (Å²) in [5.41, 5.74) is 1.25. The summed E-state index contributed by atoms with van der Waals surface area (Å²) in [5.74, 6) is -0.115. The molecule has 7 heteroatoms. The molecule has 0 atom stereocenters. The van der Waals surface area contributed by atoms with Crippen LogP contribution in [0.3, 0.4) is 0 Å². The van der Waals surface area contributed by atoms with E-state index in [1.54, 1.807) is 50.5 Å². The Bertz CT molecular complexity index is 785. The van der Waals surface area contributed by atoms with Gasteiger partial charge >= 0.3 is 6.03 Å². The first-order chi connectivity index (χ1) is 10.8. The monoisotopic (exact) mass is 352 g/mol. The van der Waals surface area contributed by atoms with Crippen LogP contribution < -0.4 is 5.32 Å². The Morgan fingerprint density at radius 3 is 2.13 bits per heavy atom. The molecule has 0 unspecified atom stereocenters. The van der Waals surface area contributed by atoms with Crippen molar-refractivity contribution in [2.75, 3.05) is 19.4 Å². The van der Waals surface area contributed by atoms with Gasteiger partial charge in [-0.05, 0) is 42.0 Å². The fourth-order valence-electron chi connectivity index (χ4n) is 1.86. The molecule has 0 fully saturated rings. The Kier molecular flexibility index (Phi) is 5.28. The van der Waals surface area contributed by atoms with Crippen molar-refractivity contribution in [3.63, 3.8) is 0 Å². The maximum absolute atomic E-state index is 12.3. The summed E-state index contributed by atoms with van der Waals surface area (Å²) < 4.78 is 24.7. The lowest BCUT2D eigenvalue weighted by atomic mass is 10.2. The van der Waals surface area contributed by atoms with E-state index in [0.717, 1.165) is 0 Å². The van der Waals surface area contributed by atoms with Crippen LogP contribution in [0.15, 0.2) is 53.4 Å². The highest BCUT2D eigenvalue weighted by molar-refractivity contribution is 7.90. The number of rotatable bonds is 4. The van der Waals surface area contributed by atoms with Crippen molar-refractivity contribution >= 4 is 33.2 Å². The van der Waals surface area contributed by atoms with E-state index in [0.29, 0.717) is 16.3 Å². The maximum atomic E-state index is 12.3. The van der Waals surface area contributed by atoms with Crippen LogP contribution in [-0.4, -0.2) is 33.4 Å². The van der Waals surface area contributed by atoms with Gasteiger partial charge in [0.25, 0.3) is 0 Å². The quantitative estimate of drug-likeness (QED) is 0.916. The minimum absolute atomic E-state index is 0.115. The molecule has 2 rings (SSSR count). The van der Waals surface area contributed by atoms with E-state index in [-0.39, 0.29) is 16.7 Å². The molecular weight excluding hydrogens is 336 g/mol. The maximum Gasteiger partial charge on any atom is 0.321 e. The first-order valence-electron chi connectivity index (χ1n) is 6.83. The number of amides is 2. The molecule has 0 saturated carbocycles. The van der Waals surface area contributed by atoms with Gasteiger partial charge in [-0.1, -0.05) is 23.7 Å². The van der Waals surface area contributed by atoms with Crippen LogP contribution in [0.25, 0.3) is 0 Å². The zero-order chi connectivity index (χ0) is 17.0. The number of urea groups is 1. The predicted molar refractivity (Wildman–Crippen MR) is 91.5 cm³/mol. The number of nitrogens with zero attached hydrogens (tertiary/aromatic N) is 1. The number of carbonyl (C=O) groups is 1. The Labute approximate surface area is 140 Å². The van der Waals surface area contributed by atoms with E-state index in [2.05, 4.69) is 5.32 Å². The summed E-state index contributed by atoms with van der Waals surface area (Å²) in [6.07, 6.45) is 0. The minimum atomic E-state index is -3.43.